The Morgan fingerprint density at radius 1 is 1.40 bits per heavy atom. The fourth-order valence-corrected chi connectivity index (χ4v) is 4.49. The zero-order valence-electron chi connectivity index (χ0n) is 10.3. The molecule has 0 saturated carbocycles. The number of likely N-dealkylation sites (tertiary alicyclic amines) is 1. The average molecular weight is 318 g/mol. The lowest BCUT2D eigenvalue weighted by molar-refractivity contribution is -0.144. The van der Waals surface area contributed by atoms with E-state index >= 15 is 0 Å². The zero-order valence-corrected chi connectivity index (χ0v) is 11.8. The number of halogens is 1. The molecule has 6 nitrogen and oxygen atoms in total. The van der Waals surface area contributed by atoms with Gasteiger partial charge < -0.3 is 10.0 Å². The van der Waals surface area contributed by atoms with Crippen molar-refractivity contribution in [1.82, 2.24) is 4.90 Å². The Balaban J connectivity index is 2.35. The van der Waals surface area contributed by atoms with Crippen molar-refractivity contribution < 1.29 is 23.1 Å². The van der Waals surface area contributed by atoms with Crippen molar-refractivity contribution in [2.45, 2.75) is 22.6 Å². The van der Waals surface area contributed by atoms with Gasteiger partial charge in [0.05, 0.1) is 15.2 Å². The maximum atomic E-state index is 12.5. The molecule has 1 amide bonds. The molecule has 1 heterocycles. The molecule has 0 unspecified atom stereocenters. The molecular weight excluding hydrogens is 306 g/mol. The van der Waals surface area contributed by atoms with Gasteiger partial charge in [0.25, 0.3) is 0 Å². The predicted molar refractivity (Wildman–Crippen MR) is 71.2 cm³/mol. The number of amides is 1. The molecule has 2 rings (SSSR count). The van der Waals surface area contributed by atoms with Gasteiger partial charge in [-0.3, -0.25) is 4.79 Å². The number of hydrogen-bond donors (Lipinski definition) is 1. The van der Waals surface area contributed by atoms with E-state index in [0.717, 1.165) is 4.90 Å². The Hall–Kier alpha value is -1.60. The first-order valence-corrected chi connectivity index (χ1v) is 7.72. The van der Waals surface area contributed by atoms with E-state index < -0.39 is 27.1 Å². The third-order valence-electron chi connectivity index (χ3n) is 3.30. The number of carbonyl (C=O) groups is 2. The van der Waals surface area contributed by atoms with Gasteiger partial charge in [0.2, 0.25) is 6.41 Å². The number of nitrogens with zero attached hydrogens (tertiary/aromatic N) is 1. The lowest BCUT2D eigenvalue weighted by Crippen LogP contribution is -2.34. The highest BCUT2D eigenvalue weighted by Gasteiger charge is 2.43. The van der Waals surface area contributed by atoms with Gasteiger partial charge in [0, 0.05) is 6.54 Å². The molecule has 0 aromatic heterocycles. The van der Waals surface area contributed by atoms with Gasteiger partial charge in [-0.2, -0.15) is 0 Å². The van der Waals surface area contributed by atoms with Crippen LogP contribution in [0.2, 0.25) is 5.02 Å². The van der Waals surface area contributed by atoms with E-state index in [1.807, 2.05) is 0 Å². The van der Waals surface area contributed by atoms with Crippen LogP contribution in [0.3, 0.4) is 0 Å². The van der Waals surface area contributed by atoms with Crippen molar-refractivity contribution in [2.75, 3.05) is 6.54 Å². The third kappa shape index (κ3) is 2.51. The van der Waals surface area contributed by atoms with Crippen LogP contribution in [-0.2, 0) is 19.4 Å². The number of sulfone groups is 1. The summed E-state index contributed by atoms with van der Waals surface area (Å²) in [4.78, 5) is 22.8. The van der Waals surface area contributed by atoms with E-state index in [2.05, 4.69) is 0 Å². The van der Waals surface area contributed by atoms with E-state index in [1.54, 1.807) is 12.1 Å². The van der Waals surface area contributed by atoms with Gasteiger partial charge in [-0.25, -0.2) is 13.2 Å². The van der Waals surface area contributed by atoms with Gasteiger partial charge in [0.15, 0.2) is 9.84 Å². The summed E-state index contributed by atoms with van der Waals surface area (Å²) in [5, 5.41) is 8.12. The fraction of sp³-hybridized carbons (Fsp3) is 0.333. The maximum Gasteiger partial charge on any atom is 0.326 e. The van der Waals surface area contributed by atoms with Crippen LogP contribution >= 0.6 is 11.6 Å². The quantitative estimate of drug-likeness (QED) is 0.829. The highest BCUT2D eigenvalue weighted by atomic mass is 35.5. The van der Waals surface area contributed by atoms with Crippen LogP contribution in [0.4, 0.5) is 0 Å². The number of aliphatic carboxylic acids is 1. The Morgan fingerprint density at radius 2 is 2.05 bits per heavy atom. The first-order valence-electron chi connectivity index (χ1n) is 5.80. The van der Waals surface area contributed by atoms with Crippen LogP contribution in [0.1, 0.15) is 6.42 Å². The summed E-state index contributed by atoms with van der Waals surface area (Å²) < 4.78 is 24.9. The molecule has 0 aliphatic carbocycles. The lowest BCUT2D eigenvalue weighted by Gasteiger charge is -2.14. The van der Waals surface area contributed by atoms with Crippen molar-refractivity contribution in [3.05, 3.63) is 29.3 Å². The van der Waals surface area contributed by atoms with E-state index in [1.165, 1.54) is 12.1 Å². The van der Waals surface area contributed by atoms with E-state index in [9.17, 15) is 18.0 Å². The molecule has 1 aliphatic heterocycles. The van der Waals surface area contributed by atoms with Crippen LogP contribution in [-0.4, -0.2) is 48.6 Å². The number of carbonyl (C=O) groups excluding carboxylic acids is 1. The molecule has 1 fully saturated rings. The minimum atomic E-state index is -3.77. The zero-order chi connectivity index (χ0) is 14.9. The summed E-state index contributed by atoms with van der Waals surface area (Å²) in [5.74, 6) is -1.21. The summed E-state index contributed by atoms with van der Waals surface area (Å²) in [6.07, 6.45) is 0.225. The van der Waals surface area contributed by atoms with E-state index in [4.69, 9.17) is 16.7 Å². The molecule has 1 N–H and O–H groups in total. The third-order valence-corrected chi connectivity index (χ3v) is 5.93. The van der Waals surface area contributed by atoms with Crippen molar-refractivity contribution >= 4 is 33.8 Å². The Bertz CT molecular complexity index is 645. The number of hydrogen-bond acceptors (Lipinski definition) is 4. The summed E-state index contributed by atoms with van der Waals surface area (Å²) in [7, 11) is -3.77. The molecule has 20 heavy (non-hydrogen) atoms. The number of carboxylic acid groups (broad SMARTS) is 1. The van der Waals surface area contributed by atoms with Crippen LogP contribution < -0.4 is 0 Å². The van der Waals surface area contributed by atoms with Gasteiger partial charge in [-0.05, 0) is 18.6 Å². The fourth-order valence-electron chi connectivity index (χ4n) is 2.26. The number of benzene rings is 1. The molecule has 108 valence electrons. The standard InChI is InChI=1S/C12H12ClNO5S/c13-9-3-1-2-4-11(9)20(18,19)8-5-10(12(16)17)14(6-8)7-15/h1-4,7-8,10H,5-6H2,(H,16,17)/t8-,10+/m1/s1. The normalized spacial score (nSPS) is 22.8. The smallest absolute Gasteiger partial charge is 0.326 e. The van der Waals surface area contributed by atoms with Crippen LogP contribution in [0.15, 0.2) is 29.2 Å². The van der Waals surface area contributed by atoms with Crippen LogP contribution in [0, 0.1) is 0 Å². The molecule has 0 spiro atoms. The first kappa shape index (κ1) is 14.8. The lowest BCUT2D eigenvalue weighted by atomic mass is 10.2. The second-order valence-corrected chi connectivity index (χ2v) is 7.09. The largest absolute Gasteiger partial charge is 0.480 e. The van der Waals surface area contributed by atoms with Crippen molar-refractivity contribution in [1.29, 1.82) is 0 Å². The van der Waals surface area contributed by atoms with E-state index in [0.29, 0.717) is 6.41 Å². The molecule has 8 heteroatoms. The van der Waals surface area contributed by atoms with Gasteiger partial charge >= 0.3 is 5.97 Å². The summed E-state index contributed by atoms with van der Waals surface area (Å²) >= 11 is 5.88. The average Bonchev–Trinajstić information content (AvgIpc) is 2.84. The van der Waals surface area contributed by atoms with Crippen molar-refractivity contribution in [3.63, 3.8) is 0 Å². The molecule has 2 atom stereocenters. The maximum absolute atomic E-state index is 12.5. The van der Waals surface area contributed by atoms with Gasteiger partial charge in [-0.15, -0.1) is 0 Å². The predicted octanol–water partition coefficient (Wildman–Crippen LogP) is 0.798. The molecular formula is C12H12ClNO5S. The highest BCUT2D eigenvalue weighted by Crippen LogP contribution is 2.30. The monoisotopic (exact) mass is 317 g/mol. The molecule has 0 radical (unpaired) electrons. The van der Waals surface area contributed by atoms with Crippen molar-refractivity contribution in [3.8, 4) is 0 Å². The highest BCUT2D eigenvalue weighted by molar-refractivity contribution is 7.92. The Morgan fingerprint density at radius 3 is 2.55 bits per heavy atom. The molecule has 1 aromatic rings. The van der Waals surface area contributed by atoms with Gasteiger partial charge in [-0.1, -0.05) is 23.7 Å². The number of rotatable bonds is 4. The molecule has 1 saturated heterocycles. The second-order valence-electron chi connectivity index (χ2n) is 4.49. The van der Waals surface area contributed by atoms with Crippen LogP contribution in [0.25, 0.3) is 0 Å². The van der Waals surface area contributed by atoms with Crippen molar-refractivity contribution in [2.24, 2.45) is 0 Å². The summed E-state index contributed by atoms with van der Waals surface area (Å²) in [5.41, 5.74) is 0. The second kappa shape index (κ2) is 5.41. The summed E-state index contributed by atoms with van der Waals surface area (Å²) in [6.45, 7) is -0.145. The molecule has 1 aliphatic rings. The summed E-state index contributed by atoms with van der Waals surface area (Å²) in [6, 6.07) is 4.86. The number of carboxylic acids is 1. The first-order chi connectivity index (χ1) is 9.37. The molecule has 1 aromatic carbocycles. The Labute approximate surface area is 120 Å². The Kier molecular flexibility index (Phi) is 4.01. The van der Waals surface area contributed by atoms with Crippen LogP contribution in [0.5, 0.6) is 0 Å². The van der Waals surface area contributed by atoms with E-state index in [-0.39, 0.29) is 22.9 Å². The minimum absolute atomic E-state index is 0.0384. The topological polar surface area (TPSA) is 91.8 Å². The minimum Gasteiger partial charge on any atom is -0.480 e. The molecule has 0 bridgehead atoms. The van der Waals surface area contributed by atoms with Gasteiger partial charge in [0.1, 0.15) is 6.04 Å². The SMILES string of the molecule is O=CN1C[C@H](S(=O)(=O)c2ccccc2Cl)C[C@H]1C(=O)O.